The molecule has 0 unspecified atom stereocenters. The summed E-state index contributed by atoms with van der Waals surface area (Å²) >= 11 is 0. The molecule has 2 rings (SSSR count). The second-order valence-corrected chi connectivity index (χ2v) is 11.7. The van der Waals surface area contributed by atoms with Crippen LogP contribution in [-0.4, -0.2) is 80.3 Å². The Kier molecular flexibility index (Phi) is 16.9. The number of imidazole rings is 1. The number of carbonyl (C=O) groups excluding carboxylic acids is 5. The maximum Gasteiger partial charge on any atom is 0.330 e. The van der Waals surface area contributed by atoms with Gasteiger partial charge in [-0.05, 0) is 24.8 Å². The zero-order valence-corrected chi connectivity index (χ0v) is 27.8. The lowest BCUT2D eigenvalue weighted by molar-refractivity contribution is -0.149. The summed E-state index contributed by atoms with van der Waals surface area (Å²) < 4.78 is 10.1. The number of hydrogen-bond donors (Lipinski definition) is 5. The number of hydrogen-bond acceptors (Lipinski definition) is 10. The summed E-state index contributed by atoms with van der Waals surface area (Å²) in [6, 6.07) is 6.52. The smallest absolute Gasteiger partial charge is 0.330 e. The first-order chi connectivity index (χ1) is 23.3. The van der Waals surface area contributed by atoms with E-state index in [2.05, 4.69) is 20.6 Å². The van der Waals surface area contributed by atoms with Crippen LogP contribution in [0.2, 0.25) is 0 Å². The zero-order valence-electron chi connectivity index (χ0n) is 27.8. The Morgan fingerprint density at radius 1 is 0.918 bits per heavy atom. The van der Waals surface area contributed by atoms with Gasteiger partial charge in [-0.15, -0.1) is 0 Å². The van der Waals surface area contributed by atoms with Gasteiger partial charge >= 0.3 is 23.9 Å². The van der Waals surface area contributed by atoms with E-state index in [1.807, 2.05) is 6.07 Å². The molecular formula is C34H44N4O11. The van der Waals surface area contributed by atoms with Crippen LogP contribution in [0.5, 0.6) is 0 Å². The summed E-state index contributed by atoms with van der Waals surface area (Å²) in [4.78, 5) is 94.7. The number of carboxylic acids is 2. The van der Waals surface area contributed by atoms with E-state index in [9.17, 15) is 43.8 Å². The van der Waals surface area contributed by atoms with E-state index >= 15 is 0 Å². The summed E-state index contributed by atoms with van der Waals surface area (Å²) in [6.07, 6.45) is 2.84. The van der Waals surface area contributed by atoms with Gasteiger partial charge in [0.2, 0.25) is 11.8 Å². The van der Waals surface area contributed by atoms with Gasteiger partial charge < -0.3 is 35.3 Å². The Morgan fingerprint density at radius 3 is 2.22 bits per heavy atom. The maximum absolute atomic E-state index is 13.7. The molecule has 0 aliphatic carbocycles. The van der Waals surface area contributed by atoms with Crippen molar-refractivity contribution < 1.29 is 53.2 Å². The fourth-order valence-electron chi connectivity index (χ4n) is 4.81. The largest absolute Gasteiger partial charge is 0.481 e. The van der Waals surface area contributed by atoms with Crippen LogP contribution < -0.4 is 10.6 Å². The SMILES string of the molecule is CCOC(=O)/C=C/[C@H](CC(=O)O)NC(=O)[C@@H](CC(=O)[C@H](CCC(=O)O)NC(=O)[C@@H](CC(=O)OCc1ccccc1)C(C)C)Cc1cnc[nH]1. The highest BCUT2D eigenvalue weighted by Gasteiger charge is 2.33. The van der Waals surface area contributed by atoms with E-state index in [1.165, 1.54) is 18.6 Å². The summed E-state index contributed by atoms with van der Waals surface area (Å²) in [5, 5.41) is 23.8. The third-order valence-corrected chi connectivity index (χ3v) is 7.44. The number of Topliss-reactive ketones (excluding diaryl/α,β-unsaturated/α-hetero) is 1. The van der Waals surface area contributed by atoms with Crippen LogP contribution in [0.3, 0.4) is 0 Å². The van der Waals surface area contributed by atoms with Crippen molar-refractivity contribution >= 4 is 41.5 Å². The van der Waals surface area contributed by atoms with Crippen molar-refractivity contribution in [3.05, 3.63) is 66.3 Å². The lowest BCUT2D eigenvalue weighted by Gasteiger charge is -2.25. The van der Waals surface area contributed by atoms with Crippen LogP contribution in [0.15, 0.2) is 55.0 Å². The van der Waals surface area contributed by atoms with Gasteiger partial charge in [-0.25, -0.2) is 9.78 Å². The normalized spacial score (nSPS) is 13.6. The molecule has 266 valence electrons. The van der Waals surface area contributed by atoms with Gasteiger partial charge in [0.1, 0.15) is 6.61 Å². The van der Waals surface area contributed by atoms with Crippen molar-refractivity contribution in [2.24, 2.45) is 17.8 Å². The third kappa shape index (κ3) is 15.4. The first-order valence-corrected chi connectivity index (χ1v) is 15.9. The first kappa shape index (κ1) is 39.8. The Bertz CT molecular complexity index is 1440. The Labute approximate surface area is 283 Å². The molecule has 0 aliphatic rings. The predicted octanol–water partition coefficient (Wildman–Crippen LogP) is 2.36. The van der Waals surface area contributed by atoms with Crippen LogP contribution in [0, 0.1) is 17.8 Å². The highest BCUT2D eigenvalue weighted by Crippen LogP contribution is 2.20. The molecule has 0 aliphatic heterocycles. The number of esters is 2. The predicted molar refractivity (Wildman–Crippen MR) is 173 cm³/mol. The number of carbonyl (C=O) groups is 7. The van der Waals surface area contributed by atoms with E-state index in [4.69, 9.17) is 9.47 Å². The molecule has 0 fully saturated rings. The summed E-state index contributed by atoms with van der Waals surface area (Å²) in [6.45, 7) is 5.13. The van der Waals surface area contributed by atoms with Gasteiger partial charge in [0.25, 0.3) is 0 Å². The lowest BCUT2D eigenvalue weighted by Crippen LogP contribution is -2.47. The molecule has 1 heterocycles. The molecule has 0 bridgehead atoms. The molecule has 0 spiro atoms. The number of aliphatic carboxylic acids is 2. The number of nitrogens with zero attached hydrogens (tertiary/aromatic N) is 1. The van der Waals surface area contributed by atoms with Gasteiger partial charge in [0, 0.05) is 37.2 Å². The number of amides is 2. The molecule has 2 amide bonds. The molecule has 4 atom stereocenters. The summed E-state index contributed by atoms with van der Waals surface area (Å²) in [5.74, 6) is -8.26. The van der Waals surface area contributed by atoms with E-state index < -0.39 is 84.7 Å². The van der Waals surface area contributed by atoms with Gasteiger partial charge in [-0.1, -0.05) is 50.3 Å². The topological polar surface area (TPSA) is 231 Å². The van der Waals surface area contributed by atoms with Gasteiger partial charge in [-0.2, -0.15) is 0 Å². The Balaban J connectivity index is 2.24. The van der Waals surface area contributed by atoms with Crippen LogP contribution in [0.1, 0.15) is 64.1 Å². The molecule has 49 heavy (non-hydrogen) atoms. The van der Waals surface area contributed by atoms with E-state index in [1.54, 1.807) is 45.0 Å². The number of aromatic nitrogens is 2. The van der Waals surface area contributed by atoms with Crippen molar-refractivity contribution in [1.82, 2.24) is 20.6 Å². The highest BCUT2D eigenvalue weighted by molar-refractivity contribution is 5.94. The van der Waals surface area contributed by atoms with E-state index in [0.717, 1.165) is 11.6 Å². The minimum atomic E-state index is -1.32. The molecule has 0 radical (unpaired) electrons. The molecular weight excluding hydrogens is 640 g/mol. The lowest BCUT2D eigenvalue weighted by atomic mass is 9.89. The maximum atomic E-state index is 13.7. The zero-order chi connectivity index (χ0) is 36.3. The molecule has 0 saturated heterocycles. The number of H-pyrrole nitrogens is 1. The summed E-state index contributed by atoms with van der Waals surface area (Å²) in [7, 11) is 0. The van der Waals surface area contributed by atoms with Gasteiger partial charge in [-0.3, -0.25) is 28.8 Å². The molecule has 2 aromatic rings. The molecule has 15 heteroatoms. The number of ether oxygens (including phenoxy) is 2. The van der Waals surface area contributed by atoms with Gasteiger partial charge in [0.05, 0.1) is 49.7 Å². The number of benzene rings is 1. The first-order valence-electron chi connectivity index (χ1n) is 15.9. The second-order valence-electron chi connectivity index (χ2n) is 11.7. The van der Waals surface area contributed by atoms with E-state index in [0.29, 0.717) is 5.69 Å². The van der Waals surface area contributed by atoms with Crippen molar-refractivity contribution in [3.8, 4) is 0 Å². The number of aromatic amines is 1. The average Bonchev–Trinajstić information content (AvgIpc) is 3.56. The van der Waals surface area contributed by atoms with Crippen LogP contribution in [-0.2, 0) is 56.1 Å². The average molecular weight is 685 g/mol. The van der Waals surface area contributed by atoms with E-state index in [-0.39, 0.29) is 38.4 Å². The second kappa shape index (κ2) is 20.8. The molecule has 1 aromatic carbocycles. The molecule has 15 nitrogen and oxygen atoms in total. The molecule has 1 aromatic heterocycles. The van der Waals surface area contributed by atoms with Crippen molar-refractivity contribution in [2.45, 2.75) is 78.0 Å². The molecule has 5 N–H and O–H groups in total. The van der Waals surface area contributed by atoms with Gasteiger partial charge in [0.15, 0.2) is 5.78 Å². The van der Waals surface area contributed by atoms with Crippen molar-refractivity contribution in [2.75, 3.05) is 6.61 Å². The van der Waals surface area contributed by atoms with Crippen molar-refractivity contribution in [3.63, 3.8) is 0 Å². The van der Waals surface area contributed by atoms with Crippen LogP contribution >= 0.6 is 0 Å². The standard InChI is InChI=1S/C34H44N4O11/c1-4-48-31(44)13-10-24(16-30(42)43)37-33(46)23(14-25-18-35-20-36-25)15-28(39)27(11-12-29(40)41)38-34(47)26(21(2)3)17-32(45)49-19-22-8-6-5-7-9-22/h5-10,13,18,20-21,23-24,26-27H,4,11-12,14-17,19H2,1-3H3,(H,35,36)(H,37,46)(H,38,47)(H,40,41)(H,42,43)/b13-10+/t23-,24-,26+,27+/m1/s1. The third-order valence-electron chi connectivity index (χ3n) is 7.44. The quantitative estimate of drug-likeness (QED) is 0.0889. The van der Waals surface area contributed by atoms with Crippen LogP contribution in [0.25, 0.3) is 0 Å². The highest BCUT2D eigenvalue weighted by atomic mass is 16.5. The molecule has 0 saturated carbocycles. The number of carboxylic acid groups (broad SMARTS) is 2. The number of nitrogens with one attached hydrogen (secondary N) is 3. The van der Waals surface area contributed by atoms with Crippen LogP contribution in [0.4, 0.5) is 0 Å². The Hall–Kier alpha value is -5.34. The van der Waals surface area contributed by atoms with Crippen molar-refractivity contribution in [1.29, 1.82) is 0 Å². The number of ketones is 1. The summed E-state index contributed by atoms with van der Waals surface area (Å²) in [5.41, 5.74) is 1.24. The minimum Gasteiger partial charge on any atom is -0.481 e. The monoisotopic (exact) mass is 684 g/mol. The fourth-order valence-corrected chi connectivity index (χ4v) is 4.81. The minimum absolute atomic E-state index is 0.0115. The Morgan fingerprint density at radius 2 is 1.63 bits per heavy atom. The number of rotatable bonds is 22. The fraction of sp³-hybridized carbons (Fsp3) is 0.471.